The van der Waals surface area contributed by atoms with Crippen molar-refractivity contribution in [2.45, 2.75) is 20.0 Å². The number of benzene rings is 1. The number of amides is 1. The van der Waals surface area contributed by atoms with Gasteiger partial charge in [0.25, 0.3) is 5.91 Å². The molecule has 4 heteroatoms. The predicted octanol–water partition coefficient (Wildman–Crippen LogP) is 1.52. The lowest BCUT2D eigenvalue weighted by Gasteiger charge is -2.15. The van der Waals surface area contributed by atoms with Crippen molar-refractivity contribution in [2.24, 2.45) is 0 Å². The largest absolute Gasteiger partial charge is 0.483 e. The van der Waals surface area contributed by atoms with E-state index in [1.807, 2.05) is 19.1 Å². The number of carbonyl (C=O) groups excluding carboxylic acids is 1. The maximum atomic E-state index is 11.4. The number of nitrogens with zero attached hydrogens (tertiary/aromatic N) is 1. The predicted molar refractivity (Wildman–Crippen MR) is 66.0 cm³/mol. The van der Waals surface area contributed by atoms with E-state index in [2.05, 4.69) is 0 Å². The Morgan fingerprint density at radius 2 is 2.12 bits per heavy atom. The van der Waals surface area contributed by atoms with Crippen LogP contribution in [0.15, 0.2) is 18.2 Å². The molecular formula is C13H19NO3. The Hall–Kier alpha value is -1.55. The SMILES string of the molecule is Cc1ccc(OCC(=O)N(C)C)c([C@H](C)O)c1. The Morgan fingerprint density at radius 1 is 1.47 bits per heavy atom. The Bertz CT molecular complexity index is 400. The van der Waals surface area contributed by atoms with Crippen LogP contribution in [-0.4, -0.2) is 36.6 Å². The van der Waals surface area contributed by atoms with Crippen LogP contribution in [0.5, 0.6) is 5.75 Å². The summed E-state index contributed by atoms with van der Waals surface area (Å²) in [7, 11) is 3.35. The highest BCUT2D eigenvalue weighted by atomic mass is 16.5. The van der Waals surface area contributed by atoms with Crippen molar-refractivity contribution in [3.63, 3.8) is 0 Å². The fraction of sp³-hybridized carbons (Fsp3) is 0.462. The summed E-state index contributed by atoms with van der Waals surface area (Å²) in [5.74, 6) is 0.447. The van der Waals surface area contributed by atoms with Crippen molar-refractivity contribution in [1.82, 2.24) is 4.90 Å². The first-order valence-electron chi connectivity index (χ1n) is 5.53. The van der Waals surface area contributed by atoms with Gasteiger partial charge in [-0.3, -0.25) is 4.79 Å². The van der Waals surface area contributed by atoms with Gasteiger partial charge in [-0.15, -0.1) is 0 Å². The van der Waals surface area contributed by atoms with E-state index in [4.69, 9.17) is 4.74 Å². The zero-order chi connectivity index (χ0) is 13.0. The smallest absolute Gasteiger partial charge is 0.259 e. The van der Waals surface area contributed by atoms with Crippen molar-refractivity contribution in [1.29, 1.82) is 0 Å². The normalized spacial score (nSPS) is 12.1. The van der Waals surface area contributed by atoms with E-state index in [1.54, 1.807) is 27.1 Å². The third-order valence-corrected chi connectivity index (χ3v) is 2.47. The number of likely N-dealkylation sites (N-methyl/N-ethyl adjacent to an activating group) is 1. The molecule has 0 aliphatic heterocycles. The zero-order valence-electron chi connectivity index (χ0n) is 10.7. The third kappa shape index (κ3) is 3.75. The fourth-order valence-corrected chi connectivity index (χ4v) is 1.39. The van der Waals surface area contributed by atoms with E-state index in [1.165, 1.54) is 4.90 Å². The molecule has 0 spiro atoms. The van der Waals surface area contributed by atoms with Gasteiger partial charge in [0.1, 0.15) is 5.75 Å². The van der Waals surface area contributed by atoms with Crippen LogP contribution in [0, 0.1) is 6.92 Å². The molecule has 0 aliphatic carbocycles. The second-order valence-electron chi connectivity index (χ2n) is 4.29. The van der Waals surface area contributed by atoms with Crippen molar-refractivity contribution in [3.8, 4) is 5.75 Å². The lowest BCUT2D eigenvalue weighted by molar-refractivity contribution is -0.130. The summed E-state index contributed by atoms with van der Waals surface area (Å²) in [6.45, 7) is 3.60. The summed E-state index contributed by atoms with van der Waals surface area (Å²) in [6, 6.07) is 5.53. The van der Waals surface area contributed by atoms with E-state index >= 15 is 0 Å². The van der Waals surface area contributed by atoms with E-state index in [9.17, 15) is 9.90 Å². The maximum Gasteiger partial charge on any atom is 0.259 e. The minimum atomic E-state index is -0.612. The van der Waals surface area contributed by atoms with Gasteiger partial charge in [0.15, 0.2) is 6.61 Å². The van der Waals surface area contributed by atoms with Crippen LogP contribution in [-0.2, 0) is 4.79 Å². The number of carbonyl (C=O) groups is 1. The number of hydrogen-bond donors (Lipinski definition) is 1. The van der Waals surface area contributed by atoms with Gasteiger partial charge in [-0.1, -0.05) is 11.6 Å². The molecule has 0 bridgehead atoms. The Kier molecular flexibility index (Phi) is 4.52. The molecule has 0 radical (unpaired) electrons. The second-order valence-corrected chi connectivity index (χ2v) is 4.29. The molecule has 4 nitrogen and oxygen atoms in total. The molecule has 1 amide bonds. The van der Waals surface area contributed by atoms with Crippen LogP contribution in [0.1, 0.15) is 24.2 Å². The summed E-state index contributed by atoms with van der Waals surface area (Å²) < 4.78 is 5.43. The summed E-state index contributed by atoms with van der Waals surface area (Å²) in [5.41, 5.74) is 1.75. The molecule has 1 atom stereocenters. The number of aliphatic hydroxyl groups is 1. The average Bonchev–Trinajstić information content (AvgIpc) is 2.26. The van der Waals surface area contributed by atoms with Crippen LogP contribution in [0.4, 0.5) is 0 Å². The molecule has 0 fully saturated rings. The highest BCUT2D eigenvalue weighted by Gasteiger charge is 2.11. The van der Waals surface area contributed by atoms with Crippen LogP contribution < -0.4 is 4.74 Å². The van der Waals surface area contributed by atoms with Crippen LogP contribution in [0.3, 0.4) is 0 Å². The molecule has 94 valence electrons. The van der Waals surface area contributed by atoms with Crippen LogP contribution in [0.2, 0.25) is 0 Å². The first-order valence-corrected chi connectivity index (χ1v) is 5.53. The molecule has 0 saturated heterocycles. The molecule has 0 aliphatic rings. The third-order valence-electron chi connectivity index (χ3n) is 2.47. The molecule has 1 rings (SSSR count). The van der Waals surface area contributed by atoms with Crippen molar-refractivity contribution >= 4 is 5.91 Å². The Balaban J connectivity index is 2.80. The highest BCUT2D eigenvalue weighted by molar-refractivity contribution is 5.77. The molecule has 1 aromatic rings. The highest BCUT2D eigenvalue weighted by Crippen LogP contribution is 2.26. The van der Waals surface area contributed by atoms with Gasteiger partial charge >= 0.3 is 0 Å². The molecule has 0 saturated carbocycles. The number of rotatable bonds is 4. The van der Waals surface area contributed by atoms with E-state index < -0.39 is 6.10 Å². The molecule has 0 heterocycles. The van der Waals surface area contributed by atoms with E-state index in [0.29, 0.717) is 11.3 Å². The van der Waals surface area contributed by atoms with Gasteiger partial charge in [0.05, 0.1) is 6.10 Å². The summed E-state index contributed by atoms with van der Waals surface area (Å²) in [6.07, 6.45) is -0.612. The molecule has 17 heavy (non-hydrogen) atoms. The zero-order valence-corrected chi connectivity index (χ0v) is 10.7. The summed E-state index contributed by atoms with van der Waals surface area (Å²) in [4.78, 5) is 12.9. The number of aliphatic hydroxyl groups excluding tert-OH is 1. The van der Waals surface area contributed by atoms with Gasteiger partial charge in [-0.25, -0.2) is 0 Å². The molecule has 1 aromatic carbocycles. The molecule has 1 N–H and O–H groups in total. The fourth-order valence-electron chi connectivity index (χ4n) is 1.39. The Morgan fingerprint density at radius 3 is 2.65 bits per heavy atom. The molecular weight excluding hydrogens is 218 g/mol. The Labute approximate surface area is 102 Å². The average molecular weight is 237 g/mol. The standard InChI is InChI=1S/C13H19NO3/c1-9-5-6-12(11(7-9)10(2)15)17-8-13(16)14(3)4/h5-7,10,15H,8H2,1-4H3/t10-/m0/s1. The summed E-state index contributed by atoms with van der Waals surface area (Å²) >= 11 is 0. The minimum Gasteiger partial charge on any atom is -0.483 e. The lowest BCUT2D eigenvalue weighted by atomic mass is 10.1. The van der Waals surface area contributed by atoms with Crippen LogP contribution >= 0.6 is 0 Å². The first kappa shape index (κ1) is 13.5. The maximum absolute atomic E-state index is 11.4. The molecule has 0 aromatic heterocycles. The topological polar surface area (TPSA) is 49.8 Å². The monoisotopic (exact) mass is 237 g/mol. The first-order chi connectivity index (χ1) is 7.91. The number of hydrogen-bond acceptors (Lipinski definition) is 3. The van der Waals surface area contributed by atoms with Crippen molar-refractivity contribution in [3.05, 3.63) is 29.3 Å². The van der Waals surface area contributed by atoms with E-state index in [0.717, 1.165) is 5.56 Å². The van der Waals surface area contributed by atoms with Gasteiger partial charge < -0.3 is 14.7 Å². The van der Waals surface area contributed by atoms with E-state index in [-0.39, 0.29) is 12.5 Å². The van der Waals surface area contributed by atoms with Crippen LogP contribution in [0.25, 0.3) is 0 Å². The van der Waals surface area contributed by atoms with Crippen molar-refractivity contribution < 1.29 is 14.6 Å². The minimum absolute atomic E-state index is 0.0181. The number of aryl methyl sites for hydroxylation is 1. The molecule has 0 unspecified atom stereocenters. The number of ether oxygens (including phenoxy) is 1. The van der Waals surface area contributed by atoms with Gasteiger partial charge in [0, 0.05) is 19.7 Å². The van der Waals surface area contributed by atoms with Gasteiger partial charge in [-0.05, 0) is 26.0 Å². The quantitative estimate of drug-likeness (QED) is 0.863. The summed E-state index contributed by atoms with van der Waals surface area (Å²) in [5, 5.41) is 9.63. The van der Waals surface area contributed by atoms with Crippen molar-refractivity contribution in [2.75, 3.05) is 20.7 Å². The lowest BCUT2D eigenvalue weighted by Crippen LogP contribution is -2.27. The van der Waals surface area contributed by atoms with Gasteiger partial charge in [-0.2, -0.15) is 0 Å². The van der Waals surface area contributed by atoms with Gasteiger partial charge in [0.2, 0.25) is 0 Å². The second kappa shape index (κ2) is 5.68.